The molecule has 4 heteroatoms. The maximum atomic E-state index is 4.24. The topological polar surface area (TPSA) is 24.9 Å². The largest absolute Gasteiger partial charge is 0.366 e. The number of pyridine rings is 1. The zero-order chi connectivity index (χ0) is 10.6. The lowest BCUT2D eigenvalue weighted by Gasteiger charge is -2.05. The maximum Gasteiger partial charge on any atom is 0.140 e. The number of hydrogen-bond donors (Lipinski definition) is 1. The van der Waals surface area contributed by atoms with Gasteiger partial charge in [0.25, 0.3) is 0 Å². The van der Waals surface area contributed by atoms with Crippen molar-refractivity contribution in [2.24, 2.45) is 0 Å². The molecule has 0 radical (unpaired) electrons. The summed E-state index contributed by atoms with van der Waals surface area (Å²) in [5.74, 6) is 0.866. The number of anilines is 1. The van der Waals surface area contributed by atoms with E-state index in [9.17, 15) is 0 Å². The average molecular weight is 320 g/mol. The van der Waals surface area contributed by atoms with Gasteiger partial charge in [-0.25, -0.2) is 4.98 Å². The summed E-state index contributed by atoms with van der Waals surface area (Å²) in [6.07, 6.45) is 3.89. The average Bonchev–Trinajstić information content (AvgIpc) is 2.08. The summed E-state index contributed by atoms with van der Waals surface area (Å²) in [7, 11) is 0. The molecule has 1 aromatic rings. The van der Waals surface area contributed by atoms with E-state index < -0.39 is 0 Å². The van der Waals surface area contributed by atoms with Crippen LogP contribution in [0.3, 0.4) is 0 Å². The van der Waals surface area contributed by atoms with Crippen molar-refractivity contribution in [3.8, 4) is 0 Å². The van der Waals surface area contributed by atoms with Gasteiger partial charge < -0.3 is 5.32 Å². The fraction of sp³-hybridized carbons (Fsp3) is 0.300. The molecule has 0 atom stereocenters. The van der Waals surface area contributed by atoms with E-state index >= 15 is 0 Å². The Labute approximate surface area is 101 Å². The first-order valence-electron chi connectivity index (χ1n) is 4.28. The molecule has 2 nitrogen and oxygen atoms in total. The smallest absolute Gasteiger partial charge is 0.140 e. The minimum absolute atomic E-state index is 0.801. The third-order valence-corrected chi connectivity index (χ3v) is 2.63. The van der Waals surface area contributed by atoms with E-state index in [1.165, 1.54) is 5.57 Å². The van der Waals surface area contributed by atoms with E-state index in [1.807, 2.05) is 6.07 Å². The van der Waals surface area contributed by atoms with Crippen LogP contribution in [-0.2, 0) is 0 Å². The highest BCUT2D eigenvalue weighted by Crippen LogP contribution is 2.23. The third-order valence-electron chi connectivity index (χ3n) is 1.59. The van der Waals surface area contributed by atoms with Crippen LogP contribution < -0.4 is 5.32 Å². The summed E-state index contributed by atoms with van der Waals surface area (Å²) in [5, 5.41) is 3.22. The minimum atomic E-state index is 0.801. The van der Waals surface area contributed by atoms with Crippen molar-refractivity contribution < 1.29 is 0 Å². The van der Waals surface area contributed by atoms with E-state index in [4.69, 9.17) is 0 Å². The van der Waals surface area contributed by atoms with Gasteiger partial charge in [-0.15, -0.1) is 0 Å². The summed E-state index contributed by atoms with van der Waals surface area (Å²) < 4.78 is 1.94. The van der Waals surface area contributed by atoms with Gasteiger partial charge in [0.05, 0.1) is 4.47 Å². The Hall–Kier alpha value is -0.350. The Morgan fingerprint density at radius 3 is 2.79 bits per heavy atom. The van der Waals surface area contributed by atoms with Crippen LogP contribution in [0.2, 0.25) is 0 Å². The molecule has 1 N–H and O–H groups in total. The molecule has 0 aliphatic heterocycles. The highest BCUT2D eigenvalue weighted by Gasteiger charge is 1.99. The van der Waals surface area contributed by atoms with Crippen molar-refractivity contribution in [3.05, 3.63) is 32.9 Å². The quantitative estimate of drug-likeness (QED) is 0.852. The van der Waals surface area contributed by atoms with Gasteiger partial charge >= 0.3 is 0 Å². The number of aromatic nitrogens is 1. The van der Waals surface area contributed by atoms with Crippen LogP contribution in [0.25, 0.3) is 0 Å². The summed E-state index contributed by atoms with van der Waals surface area (Å²) >= 11 is 6.79. The molecule has 0 saturated carbocycles. The van der Waals surface area contributed by atoms with E-state index in [-0.39, 0.29) is 0 Å². The molecular weight excluding hydrogens is 308 g/mol. The normalized spacial score (nSPS) is 9.71. The van der Waals surface area contributed by atoms with Gasteiger partial charge in [-0.1, -0.05) is 11.6 Å². The highest BCUT2D eigenvalue weighted by atomic mass is 79.9. The molecule has 0 aromatic carbocycles. The van der Waals surface area contributed by atoms with Crippen molar-refractivity contribution in [3.63, 3.8) is 0 Å². The van der Waals surface area contributed by atoms with Crippen LogP contribution >= 0.6 is 31.9 Å². The van der Waals surface area contributed by atoms with E-state index in [0.29, 0.717) is 0 Å². The van der Waals surface area contributed by atoms with E-state index in [2.05, 4.69) is 62.1 Å². The zero-order valence-corrected chi connectivity index (χ0v) is 11.3. The lowest BCUT2D eigenvalue weighted by atomic mass is 10.3. The predicted octanol–water partition coefficient (Wildman–Crippen LogP) is 3.98. The van der Waals surface area contributed by atoms with Crippen molar-refractivity contribution in [2.75, 3.05) is 11.9 Å². The summed E-state index contributed by atoms with van der Waals surface area (Å²) in [6.45, 7) is 4.95. The van der Waals surface area contributed by atoms with E-state index in [0.717, 1.165) is 21.3 Å². The Morgan fingerprint density at radius 2 is 2.21 bits per heavy atom. The first kappa shape index (κ1) is 11.7. The fourth-order valence-electron chi connectivity index (χ4n) is 0.896. The number of hydrogen-bond acceptors (Lipinski definition) is 2. The monoisotopic (exact) mass is 318 g/mol. The molecule has 0 bridgehead atoms. The summed E-state index contributed by atoms with van der Waals surface area (Å²) in [6, 6.07) is 1.97. The van der Waals surface area contributed by atoms with Crippen LogP contribution in [0.4, 0.5) is 5.82 Å². The molecule has 0 unspecified atom stereocenters. The molecule has 1 aromatic heterocycles. The second-order valence-electron chi connectivity index (χ2n) is 3.15. The van der Waals surface area contributed by atoms with Gasteiger partial charge in [-0.05, 0) is 51.8 Å². The molecular formula is C10H12Br2N2. The van der Waals surface area contributed by atoms with Crippen LogP contribution in [0.5, 0.6) is 0 Å². The molecule has 0 spiro atoms. The summed E-state index contributed by atoms with van der Waals surface area (Å²) in [5.41, 5.74) is 1.30. The lowest BCUT2D eigenvalue weighted by molar-refractivity contribution is 1.19. The number of rotatable bonds is 3. The third kappa shape index (κ3) is 3.80. The van der Waals surface area contributed by atoms with Gasteiger partial charge in [0.2, 0.25) is 0 Å². The number of allylic oxidation sites excluding steroid dienone is 1. The van der Waals surface area contributed by atoms with Gasteiger partial charge in [0, 0.05) is 17.2 Å². The number of nitrogens with one attached hydrogen (secondary N) is 1. The molecule has 0 amide bonds. The van der Waals surface area contributed by atoms with Gasteiger partial charge in [-0.3, -0.25) is 0 Å². The Bertz CT molecular complexity index is 344. The standard InChI is InChI=1S/C10H12Br2N2/c1-7(2)3-4-13-10-9(12)5-8(11)6-14-10/h3,5-6H,4H2,1-2H3,(H,13,14). The summed E-state index contributed by atoms with van der Waals surface area (Å²) in [4.78, 5) is 4.24. The van der Waals surface area contributed by atoms with Crippen molar-refractivity contribution >= 4 is 37.7 Å². The molecule has 0 aliphatic rings. The molecule has 0 aliphatic carbocycles. The molecule has 1 rings (SSSR count). The second-order valence-corrected chi connectivity index (χ2v) is 4.92. The zero-order valence-electron chi connectivity index (χ0n) is 8.14. The molecule has 0 saturated heterocycles. The van der Waals surface area contributed by atoms with E-state index in [1.54, 1.807) is 6.20 Å². The van der Waals surface area contributed by atoms with Crippen LogP contribution in [-0.4, -0.2) is 11.5 Å². The van der Waals surface area contributed by atoms with Crippen molar-refractivity contribution in [2.45, 2.75) is 13.8 Å². The lowest BCUT2D eigenvalue weighted by Crippen LogP contribution is -2.01. The van der Waals surface area contributed by atoms with Crippen LogP contribution in [0.1, 0.15) is 13.8 Å². The molecule has 1 heterocycles. The number of halogens is 2. The van der Waals surface area contributed by atoms with Gasteiger partial charge in [-0.2, -0.15) is 0 Å². The minimum Gasteiger partial charge on any atom is -0.366 e. The van der Waals surface area contributed by atoms with Gasteiger partial charge in [0.15, 0.2) is 0 Å². The second kappa shape index (κ2) is 5.51. The van der Waals surface area contributed by atoms with Crippen molar-refractivity contribution in [1.82, 2.24) is 4.98 Å². The molecule has 14 heavy (non-hydrogen) atoms. The Morgan fingerprint density at radius 1 is 1.50 bits per heavy atom. The number of nitrogens with zero attached hydrogens (tertiary/aromatic N) is 1. The fourth-order valence-corrected chi connectivity index (χ4v) is 2.02. The first-order chi connectivity index (χ1) is 6.59. The van der Waals surface area contributed by atoms with Crippen LogP contribution in [0.15, 0.2) is 32.9 Å². The maximum absolute atomic E-state index is 4.24. The first-order valence-corrected chi connectivity index (χ1v) is 5.86. The predicted molar refractivity (Wildman–Crippen MR) is 67.6 cm³/mol. The Balaban J connectivity index is 2.64. The van der Waals surface area contributed by atoms with Gasteiger partial charge in [0.1, 0.15) is 5.82 Å². The highest BCUT2D eigenvalue weighted by molar-refractivity contribution is 9.11. The van der Waals surface area contributed by atoms with Crippen LogP contribution in [0, 0.1) is 0 Å². The Kier molecular flexibility index (Phi) is 4.62. The van der Waals surface area contributed by atoms with Crippen molar-refractivity contribution in [1.29, 1.82) is 0 Å². The molecule has 76 valence electrons. The molecule has 0 fully saturated rings. The SMILES string of the molecule is CC(C)=CCNc1ncc(Br)cc1Br.